The van der Waals surface area contributed by atoms with Gasteiger partial charge in [0.25, 0.3) is 0 Å². The molecule has 5 nitrogen and oxygen atoms in total. The predicted octanol–water partition coefficient (Wildman–Crippen LogP) is 1.64. The molecule has 0 radical (unpaired) electrons. The van der Waals surface area contributed by atoms with Gasteiger partial charge in [-0.05, 0) is 32.9 Å². The summed E-state index contributed by atoms with van der Waals surface area (Å²) in [7, 11) is 0. The molecule has 0 saturated carbocycles. The SMILES string of the molecule is CCN1CCCCC1c1noc(C(C)N)n1. The van der Waals surface area contributed by atoms with Crippen molar-refractivity contribution in [2.75, 3.05) is 13.1 Å². The standard InChI is InChI=1S/C11H20N4O/c1-3-15-7-5-4-6-9(15)10-13-11(8(2)12)16-14-10/h8-9H,3-7,12H2,1-2H3. The van der Waals surface area contributed by atoms with Crippen LogP contribution in [0.25, 0.3) is 0 Å². The van der Waals surface area contributed by atoms with E-state index in [9.17, 15) is 0 Å². The molecular weight excluding hydrogens is 204 g/mol. The highest BCUT2D eigenvalue weighted by molar-refractivity contribution is 4.98. The van der Waals surface area contributed by atoms with Gasteiger partial charge in [-0.15, -0.1) is 0 Å². The highest BCUT2D eigenvalue weighted by Gasteiger charge is 2.27. The Hall–Kier alpha value is -0.940. The fourth-order valence-electron chi connectivity index (χ4n) is 2.23. The van der Waals surface area contributed by atoms with Gasteiger partial charge in [0.1, 0.15) is 0 Å². The monoisotopic (exact) mass is 224 g/mol. The largest absolute Gasteiger partial charge is 0.338 e. The van der Waals surface area contributed by atoms with Crippen LogP contribution in [0.3, 0.4) is 0 Å². The number of rotatable bonds is 3. The van der Waals surface area contributed by atoms with E-state index in [4.69, 9.17) is 10.3 Å². The van der Waals surface area contributed by atoms with Crippen LogP contribution in [-0.4, -0.2) is 28.1 Å². The molecule has 0 spiro atoms. The van der Waals surface area contributed by atoms with Gasteiger partial charge in [0.15, 0.2) is 5.82 Å². The van der Waals surface area contributed by atoms with Crippen molar-refractivity contribution in [1.82, 2.24) is 15.0 Å². The molecule has 2 rings (SSSR count). The van der Waals surface area contributed by atoms with E-state index in [1.165, 1.54) is 12.8 Å². The molecule has 1 aliphatic rings. The third-order valence-corrected chi connectivity index (χ3v) is 3.16. The van der Waals surface area contributed by atoms with Crippen molar-refractivity contribution >= 4 is 0 Å². The maximum absolute atomic E-state index is 5.71. The van der Waals surface area contributed by atoms with Gasteiger partial charge in [-0.25, -0.2) is 0 Å². The van der Waals surface area contributed by atoms with Gasteiger partial charge in [0.2, 0.25) is 5.89 Å². The van der Waals surface area contributed by atoms with Crippen molar-refractivity contribution in [3.8, 4) is 0 Å². The summed E-state index contributed by atoms with van der Waals surface area (Å²) in [6.45, 7) is 6.19. The second-order valence-corrected chi connectivity index (χ2v) is 4.42. The maximum atomic E-state index is 5.71. The van der Waals surface area contributed by atoms with E-state index in [1.807, 2.05) is 6.92 Å². The number of likely N-dealkylation sites (tertiary alicyclic amines) is 1. The van der Waals surface area contributed by atoms with Crippen molar-refractivity contribution < 1.29 is 4.52 Å². The van der Waals surface area contributed by atoms with Crippen molar-refractivity contribution in [2.45, 2.75) is 45.2 Å². The minimum absolute atomic E-state index is 0.181. The Morgan fingerprint density at radius 1 is 1.56 bits per heavy atom. The van der Waals surface area contributed by atoms with Crippen molar-refractivity contribution in [1.29, 1.82) is 0 Å². The van der Waals surface area contributed by atoms with E-state index in [0.29, 0.717) is 11.9 Å². The third-order valence-electron chi connectivity index (χ3n) is 3.16. The summed E-state index contributed by atoms with van der Waals surface area (Å²) in [6, 6.07) is 0.134. The van der Waals surface area contributed by atoms with E-state index >= 15 is 0 Å². The Kier molecular flexibility index (Phi) is 3.56. The predicted molar refractivity (Wildman–Crippen MR) is 60.7 cm³/mol. The van der Waals surface area contributed by atoms with E-state index in [-0.39, 0.29) is 6.04 Å². The zero-order valence-electron chi connectivity index (χ0n) is 10.0. The van der Waals surface area contributed by atoms with Crippen molar-refractivity contribution in [3.05, 3.63) is 11.7 Å². The van der Waals surface area contributed by atoms with Crippen LogP contribution in [0.15, 0.2) is 4.52 Å². The Bertz CT molecular complexity index is 336. The summed E-state index contributed by atoms with van der Waals surface area (Å²) in [5, 5.41) is 4.05. The highest BCUT2D eigenvalue weighted by Crippen LogP contribution is 2.28. The molecule has 16 heavy (non-hydrogen) atoms. The van der Waals surface area contributed by atoms with Gasteiger partial charge in [0.05, 0.1) is 12.1 Å². The molecule has 2 atom stereocenters. The van der Waals surface area contributed by atoms with Crippen LogP contribution >= 0.6 is 0 Å². The highest BCUT2D eigenvalue weighted by atomic mass is 16.5. The van der Waals surface area contributed by atoms with Gasteiger partial charge in [-0.2, -0.15) is 4.98 Å². The summed E-state index contributed by atoms with van der Waals surface area (Å²) in [5.41, 5.74) is 5.71. The summed E-state index contributed by atoms with van der Waals surface area (Å²) in [4.78, 5) is 6.79. The molecular formula is C11H20N4O. The zero-order chi connectivity index (χ0) is 11.5. The first-order valence-electron chi connectivity index (χ1n) is 6.05. The Balaban J connectivity index is 2.14. The average Bonchev–Trinajstić information content (AvgIpc) is 2.78. The first kappa shape index (κ1) is 11.5. The fraction of sp³-hybridized carbons (Fsp3) is 0.818. The molecule has 0 amide bonds. The van der Waals surface area contributed by atoms with Gasteiger partial charge in [-0.1, -0.05) is 18.5 Å². The van der Waals surface area contributed by atoms with Crippen molar-refractivity contribution in [2.24, 2.45) is 5.73 Å². The number of aromatic nitrogens is 2. The molecule has 1 aliphatic heterocycles. The fourth-order valence-corrected chi connectivity index (χ4v) is 2.23. The number of hydrogen-bond donors (Lipinski definition) is 1. The molecule has 5 heteroatoms. The minimum atomic E-state index is -0.181. The van der Waals surface area contributed by atoms with E-state index in [2.05, 4.69) is 22.0 Å². The van der Waals surface area contributed by atoms with Crippen LogP contribution in [0.4, 0.5) is 0 Å². The van der Waals surface area contributed by atoms with E-state index in [1.54, 1.807) is 0 Å². The first-order valence-corrected chi connectivity index (χ1v) is 6.05. The average molecular weight is 224 g/mol. The zero-order valence-corrected chi connectivity index (χ0v) is 10.0. The van der Waals surface area contributed by atoms with Crippen LogP contribution in [0.1, 0.15) is 56.9 Å². The summed E-state index contributed by atoms with van der Waals surface area (Å²) in [5.74, 6) is 1.34. The number of piperidine rings is 1. The van der Waals surface area contributed by atoms with Crippen molar-refractivity contribution in [3.63, 3.8) is 0 Å². The molecule has 0 bridgehead atoms. The van der Waals surface area contributed by atoms with Gasteiger partial charge in [-0.3, -0.25) is 4.90 Å². The molecule has 2 heterocycles. The second-order valence-electron chi connectivity index (χ2n) is 4.42. The Morgan fingerprint density at radius 3 is 3.00 bits per heavy atom. The van der Waals surface area contributed by atoms with Crippen LogP contribution in [0, 0.1) is 0 Å². The molecule has 1 saturated heterocycles. The normalized spacial score (nSPS) is 24.6. The maximum Gasteiger partial charge on any atom is 0.243 e. The lowest BCUT2D eigenvalue weighted by molar-refractivity contribution is 0.147. The molecule has 2 unspecified atom stereocenters. The molecule has 2 N–H and O–H groups in total. The van der Waals surface area contributed by atoms with Crippen LogP contribution in [0.2, 0.25) is 0 Å². The van der Waals surface area contributed by atoms with E-state index in [0.717, 1.165) is 25.3 Å². The molecule has 0 aliphatic carbocycles. The molecule has 0 aromatic carbocycles. The smallest absolute Gasteiger partial charge is 0.243 e. The third kappa shape index (κ3) is 2.25. The minimum Gasteiger partial charge on any atom is -0.338 e. The van der Waals surface area contributed by atoms with Gasteiger partial charge < -0.3 is 10.3 Å². The van der Waals surface area contributed by atoms with Crippen LogP contribution in [-0.2, 0) is 0 Å². The summed E-state index contributed by atoms with van der Waals surface area (Å²) in [6.07, 6.45) is 3.62. The molecule has 1 fully saturated rings. The Labute approximate surface area is 96.0 Å². The summed E-state index contributed by atoms with van der Waals surface area (Å²) < 4.78 is 5.16. The lowest BCUT2D eigenvalue weighted by Gasteiger charge is -2.32. The lowest BCUT2D eigenvalue weighted by atomic mass is 10.0. The summed E-state index contributed by atoms with van der Waals surface area (Å²) >= 11 is 0. The molecule has 90 valence electrons. The van der Waals surface area contributed by atoms with Crippen LogP contribution in [0.5, 0.6) is 0 Å². The van der Waals surface area contributed by atoms with Crippen LogP contribution < -0.4 is 5.73 Å². The molecule has 1 aromatic heterocycles. The number of nitrogens with zero attached hydrogens (tertiary/aromatic N) is 3. The molecule has 1 aromatic rings. The van der Waals surface area contributed by atoms with Gasteiger partial charge in [0, 0.05) is 0 Å². The Morgan fingerprint density at radius 2 is 2.38 bits per heavy atom. The quantitative estimate of drug-likeness (QED) is 0.845. The second kappa shape index (κ2) is 4.93. The number of hydrogen-bond acceptors (Lipinski definition) is 5. The topological polar surface area (TPSA) is 68.2 Å². The number of nitrogens with two attached hydrogens (primary N) is 1. The van der Waals surface area contributed by atoms with E-state index < -0.39 is 0 Å². The van der Waals surface area contributed by atoms with Gasteiger partial charge >= 0.3 is 0 Å². The lowest BCUT2D eigenvalue weighted by Crippen LogP contribution is -2.33. The first-order chi connectivity index (χ1) is 7.72.